The predicted molar refractivity (Wildman–Crippen MR) is 74.0 cm³/mol. The fourth-order valence-corrected chi connectivity index (χ4v) is 2.69. The lowest BCUT2D eigenvalue weighted by Gasteiger charge is -2.14. The van der Waals surface area contributed by atoms with Gasteiger partial charge in [-0.2, -0.15) is 0 Å². The molecule has 0 amide bonds. The molecule has 104 valence electrons. The number of rotatable bonds is 4. The third-order valence-electron chi connectivity index (χ3n) is 3.76. The van der Waals surface area contributed by atoms with E-state index in [0.717, 1.165) is 12.8 Å². The van der Waals surface area contributed by atoms with Crippen molar-refractivity contribution in [2.75, 3.05) is 6.61 Å². The summed E-state index contributed by atoms with van der Waals surface area (Å²) in [5, 5.41) is 17.7. The van der Waals surface area contributed by atoms with Gasteiger partial charge in [-0.1, -0.05) is 25.0 Å². The van der Waals surface area contributed by atoms with E-state index in [0.29, 0.717) is 29.2 Å². The number of benzene rings is 1. The van der Waals surface area contributed by atoms with E-state index in [-0.39, 0.29) is 5.69 Å². The maximum absolute atomic E-state index is 11.3. The Balaban J connectivity index is 1.96. The van der Waals surface area contributed by atoms with Crippen LogP contribution in [0.25, 0.3) is 10.9 Å². The number of aromatic carboxylic acids is 1. The Kier molecular flexibility index (Phi) is 3.50. The maximum atomic E-state index is 11.3. The monoisotopic (exact) mass is 272 g/mol. The smallest absolute Gasteiger partial charge is 0.360 e. The Hall–Kier alpha value is -2.17. The highest BCUT2D eigenvalue weighted by Gasteiger charge is 2.21. The summed E-state index contributed by atoms with van der Waals surface area (Å²) in [6.07, 6.45) is 4.77. The zero-order valence-electron chi connectivity index (χ0n) is 11.1. The Morgan fingerprint density at radius 3 is 2.75 bits per heavy atom. The fourth-order valence-electron chi connectivity index (χ4n) is 2.69. The zero-order valence-corrected chi connectivity index (χ0v) is 11.1. The van der Waals surface area contributed by atoms with Crippen molar-refractivity contribution in [3.63, 3.8) is 0 Å². The van der Waals surface area contributed by atoms with E-state index in [2.05, 4.69) is 10.2 Å². The average molecular weight is 272 g/mol. The number of hydrogen-bond acceptors (Lipinski definition) is 4. The minimum Gasteiger partial charge on any atom is -0.490 e. The molecule has 0 radical (unpaired) electrons. The van der Waals surface area contributed by atoms with Crippen LogP contribution < -0.4 is 4.74 Å². The van der Waals surface area contributed by atoms with E-state index in [1.165, 1.54) is 12.8 Å². The Morgan fingerprint density at radius 1 is 1.25 bits per heavy atom. The van der Waals surface area contributed by atoms with Crippen LogP contribution in [-0.4, -0.2) is 27.9 Å². The van der Waals surface area contributed by atoms with Crippen LogP contribution in [0.1, 0.15) is 36.2 Å². The molecule has 1 N–H and O–H groups in total. The summed E-state index contributed by atoms with van der Waals surface area (Å²) >= 11 is 0. The highest BCUT2D eigenvalue weighted by Crippen LogP contribution is 2.30. The molecule has 0 unspecified atom stereocenters. The highest BCUT2D eigenvalue weighted by molar-refractivity contribution is 5.96. The van der Waals surface area contributed by atoms with Gasteiger partial charge in [0.1, 0.15) is 0 Å². The van der Waals surface area contributed by atoms with Crippen LogP contribution in [-0.2, 0) is 0 Å². The van der Waals surface area contributed by atoms with Crippen molar-refractivity contribution >= 4 is 16.9 Å². The lowest BCUT2D eigenvalue weighted by atomic mass is 10.1. The van der Waals surface area contributed by atoms with E-state index in [1.807, 2.05) is 18.2 Å². The van der Waals surface area contributed by atoms with Crippen LogP contribution >= 0.6 is 0 Å². The SMILES string of the molecule is O=C(O)c1nnc2ccccc2c1OCC1CCCC1. The van der Waals surface area contributed by atoms with Gasteiger partial charge in [0.05, 0.1) is 12.1 Å². The van der Waals surface area contributed by atoms with Gasteiger partial charge < -0.3 is 9.84 Å². The molecular weight excluding hydrogens is 256 g/mol. The van der Waals surface area contributed by atoms with Crippen molar-refractivity contribution in [1.29, 1.82) is 0 Å². The van der Waals surface area contributed by atoms with Crippen molar-refractivity contribution in [3.8, 4) is 5.75 Å². The molecule has 1 heterocycles. The first kappa shape index (κ1) is 12.8. The lowest BCUT2D eigenvalue weighted by molar-refractivity contribution is 0.0683. The van der Waals surface area contributed by atoms with Gasteiger partial charge in [0.2, 0.25) is 5.69 Å². The summed E-state index contributed by atoms with van der Waals surface area (Å²) in [5.41, 5.74) is 0.542. The van der Waals surface area contributed by atoms with Gasteiger partial charge in [0, 0.05) is 5.39 Å². The second-order valence-electron chi connectivity index (χ2n) is 5.16. The van der Waals surface area contributed by atoms with Crippen molar-refractivity contribution in [3.05, 3.63) is 30.0 Å². The molecule has 0 spiro atoms. The van der Waals surface area contributed by atoms with E-state index in [9.17, 15) is 9.90 Å². The van der Waals surface area contributed by atoms with E-state index < -0.39 is 5.97 Å². The fraction of sp³-hybridized carbons (Fsp3) is 0.400. The minimum atomic E-state index is -1.11. The first-order chi connectivity index (χ1) is 9.75. The van der Waals surface area contributed by atoms with Crippen LogP contribution in [0.5, 0.6) is 5.75 Å². The molecule has 1 saturated carbocycles. The maximum Gasteiger partial charge on any atom is 0.360 e. The van der Waals surface area contributed by atoms with E-state index >= 15 is 0 Å². The third-order valence-corrected chi connectivity index (χ3v) is 3.76. The van der Waals surface area contributed by atoms with Crippen LogP contribution in [0.3, 0.4) is 0 Å². The van der Waals surface area contributed by atoms with Gasteiger partial charge in [-0.05, 0) is 30.9 Å². The number of carbonyl (C=O) groups is 1. The van der Waals surface area contributed by atoms with Crippen molar-refractivity contribution < 1.29 is 14.6 Å². The van der Waals surface area contributed by atoms with Crippen LogP contribution in [0.2, 0.25) is 0 Å². The van der Waals surface area contributed by atoms with Gasteiger partial charge >= 0.3 is 5.97 Å². The molecule has 5 heteroatoms. The minimum absolute atomic E-state index is 0.110. The average Bonchev–Trinajstić information content (AvgIpc) is 2.97. The van der Waals surface area contributed by atoms with Crippen LogP contribution in [0.15, 0.2) is 24.3 Å². The summed E-state index contributed by atoms with van der Waals surface area (Å²) in [7, 11) is 0. The zero-order chi connectivity index (χ0) is 13.9. The third kappa shape index (κ3) is 2.43. The quantitative estimate of drug-likeness (QED) is 0.926. The standard InChI is InChI=1S/C15H16N2O3/c18-15(19)13-14(20-9-10-5-1-2-6-10)11-7-3-4-8-12(11)16-17-13/h3-4,7-8,10H,1-2,5-6,9H2,(H,18,19). The number of aromatic nitrogens is 2. The molecule has 20 heavy (non-hydrogen) atoms. The number of hydrogen-bond donors (Lipinski definition) is 1. The van der Waals surface area contributed by atoms with Gasteiger partial charge in [-0.3, -0.25) is 0 Å². The number of ether oxygens (including phenoxy) is 1. The molecule has 1 aliphatic carbocycles. The largest absolute Gasteiger partial charge is 0.490 e. The molecule has 3 rings (SSSR count). The molecular formula is C15H16N2O3. The highest BCUT2D eigenvalue weighted by atomic mass is 16.5. The second kappa shape index (κ2) is 5.45. The Bertz CT molecular complexity index is 636. The van der Waals surface area contributed by atoms with Crippen LogP contribution in [0, 0.1) is 5.92 Å². The van der Waals surface area contributed by atoms with Gasteiger partial charge in [-0.15, -0.1) is 10.2 Å². The molecule has 1 aromatic carbocycles. The predicted octanol–water partition coefficient (Wildman–Crippen LogP) is 2.90. The summed E-state index contributed by atoms with van der Waals surface area (Å²) in [6.45, 7) is 0.552. The summed E-state index contributed by atoms with van der Waals surface area (Å²) in [6, 6.07) is 7.31. The van der Waals surface area contributed by atoms with Gasteiger partial charge in [-0.25, -0.2) is 4.79 Å². The van der Waals surface area contributed by atoms with Crippen molar-refractivity contribution in [2.24, 2.45) is 5.92 Å². The van der Waals surface area contributed by atoms with E-state index in [4.69, 9.17) is 4.74 Å². The number of fused-ring (bicyclic) bond motifs is 1. The first-order valence-electron chi connectivity index (χ1n) is 6.87. The lowest BCUT2D eigenvalue weighted by Crippen LogP contribution is -2.13. The molecule has 0 saturated heterocycles. The number of carboxylic acids is 1. The van der Waals surface area contributed by atoms with Crippen molar-refractivity contribution in [2.45, 2.75) is 25.7 Å². The van der Waals surface area contributed by atoms with E-state index in [1.54, 1.807) is 6.07 Å². The number of nitrogens with zero attached hydrogens (tertiary/aromatic N) is 2. The van der Waals surface area contributed by atoms with Crippen molar-refractivity contribution in [1.82, 2.24) is 10.2 Å². The molecule has 2 aromatic rings. The molecule has 5 nitrogen and oxygen atoms in total. The Labute approximate surface area is 116 Å². The molecule has 0 atom stereocenters. The molecule has 0 aliphatic heterocycles. The summed E-state index contributed by atoms with van der Waals surface area (Å²) in [5.74, 6) is -0.247. The molecule has 1 aromatic heterocycles. The first-order valence-corrected chi connectivity index (χ1v) is 6.87. The van der Waals surface area contributed by atoms with Crippen LogP contribution in [0.4, 0.5) is 0 Å². The van der Waals surface area contributed by atoms with Gasteiger partial charge in [0.15, 0.2) is 5.75 Å². The summed E-state index contributed by atoms with van der Waals surface area (Å²) < 4.78 is 5.81. The summed E-state index contributed by atoms with van der Waals surface area (Å²) in [4.78, 5) is 11.3. The molecule has 1 aliphatic rings. The topological polar surface area (TPSA) is 72.3 Å². The van der Waals surface area contributed by atoms with Gasteiger partial charge in [0.25, 0.3) is 0 Å². The molecule has 1 fully saturated rings. The number of carboxylic acid groups (broad SMARTS) is 1. The molecule has 0 bridgehead atoms. The Morgan fingerprint density at radius 2 is 2.00 bits per heavy atom. The normalized spacial score (nSPS) is 15.6. The second-order valence-corrected chi connectivity index (χ2v) is 5.16.